The molecule has 1 heterocycles. The summed E-state index contributed by atoms with van der Waals surface area (Å²) in [5.41, 5.74) is 5.72. The Balaban J connectivity index is 1.86. The van der Waals surface area contributed by atoms with Gasteiger partial charge in [-0.2, -0.15) is 0 Å². The molecule has 0 bridgehead atoms. The van der Waals surface area contributed by atoms with Crippen molar-refractivity contribution >= 4 is 23.0 Å². The predicted molar refractivity (Wildman–Crippen MR) is 87.3 cm³/mol. The number of hydrogen-bond donors (Lipinski definition) is 3. The first-order valence-corrected chi connectivity index (χ1v) is 7.14. The fourth-order valence-electron chi connectivity index (χ4n) is 2.58. The zero-order valence-electron chi connectivity index (χ0n) is 12.3. The van der Waals surface area contributed by atoms with Gasteiger partial charge in [0.1, 0.15) is 0 Å². The molecule has 1 aliphatic rings. The molecule has 0 atom stereocenters. The van der Waals surface area contributed by atoms with Crippen LogP contribution in [0, 0.1) is 13.8 Å². The van der Waals surface area contributed by atoms with Gasteiger partial charge < -0.3 is 16.0 Å². The molecule has 0 spiro atoms. The summed E-state index contributed by atoms with van der Waals surface area (Å²) in [5, 5.41) is 9.62. The van der Waals surface area contributed by atoms with Crippen LogP contribution in [0.4, 0.5) is 17.1 Å². The molecule has 4 heteroatoms. The minimum atomic E-state index is -0.0810. The number of benzene rings is 2. The monoisotopic (exact) mass is 281 g/mol. The largest absolute Gasteiger partial charge is 0.382 e. The number of fused-ring (bicyclic) bond motifs is 1. The third-order valence-corrected chi connectivity index (χ3v) is 3.76. The lowest BCUT2D eigenvalue weighted by Gasteiger charge is -2.20. The van der Waals surface area contributed by atoms with E-state index < -0.39 is 0 Å². The van der Waals surface area contributed by atoms with Gasteiger partial charge in [-0.3, -0.25) is 4.79 Å². The maximum atomic E-state index is 12.4. The average molecular weight is 281 g/mol. The van der Waals surface area contributed by atoms with Gasteiger partial charge in [0.15, 0.2) is 0 Å². The second-order valence-corrected chi connectivity index (χ2v) is 5.33. The summed E-state index contributed by atoms with van der Waals surface area (Å²) >= 11 is 0. The summed E-state index contributed by atoms with van der Waals surface area (Å²) in [6, 6.07) is 11.7. The SMILES string of the molecule is Cc1cccc(C)c1NC(=O)c1ccc2c(c1)NCCN2. The quantitative estimate of drug-likeness (QED) is 0.791. The van der Waals surface area contributed by atoms with E-state index in [9.17, 15) is 4.79 Å². The molecule has 108 valence electrons. The van der Waals surface area contributed by atoms with Crippen molar-refractivity contribution in [3.8, 4) is 0 Å². The van der Waals surface area contributed by atoms with Crippen molar-refractivity contribution in [3.05, 3.63) is 53.1 Å². The van der Waals surface area contributed by atoms with Crippen molar-refractivity contribution in [3.63, 3.8) is 0 Å². The number of rotatable bonds is 2. The van der Waals surface area contributed by atoms with Crippen molar-refractivity contribution < 1.29 is 4.79 Å². The van der Waals surface area contributed by atoms with Crippen molar-refractivity contribution in [1.29, 1.82) is 0 Å². The van der Waals surface area contributed by atoms with Crippen LogP contribution < -0.4 is 16.0 Å². The van der Waals surface area contributed by atoms with E-state index in [0.717, 1.165) is 41.3 Å². The average Bonchev–Trinajstić information content (AvgIpc) is 2.50. The fourth-order valence-corrected chi connectivity index (χ4v) is 2.58. The van der Waals surface area contributed by atoms with Crippen molar-refractivity contribution in [2.24, 2.45) is 0 Å². The van der Waals surface area contributed by atoms with Crippen LogP contribution in [0.25, 0.3) is 0 Å². The lowest BCUT2D eigenvalue weighted by Crippen LogP contribution is -2.21. The van der Waals surface area contributed by atoms with E-state index in [1.807, 2.05) is 50.2 Å². The molecular weight excluding hydrogens is 262 g/mol. The van der Waals surface area contributed by atoms with Crippen LogP contribution in [0.5, 0.6) is 0 Å². The van der Waals surface area contributed by atoms with E-state index in [2.05, 4.69) is 16.0 Å². The van der Waals surface area contributed by atoms with E-state index in [-0.39, 0.29) is 5.91 Å². The predicted octanol–water partition coefficient (Wildman–Crippen LogP) is 3.39. The maximum absolute atomic E-state index is 12.4. The number of amides is 1. The standard InChI is InChI=1S/C17H19N3O/c1-11-4-3-5-12(2)16(11)20-17(21)13-6-7-14-15(10-13)19-9-8-18-14/h3-7,10,18-19H,8-9H2,1-2H3,(H,20,21). The summed E-state index contributed by atoms with van der Waals surface area (Å²) in [6.45, 7) is 5.78. The highest BCUT2D eigenvalue weighted by atomic mass is 16.1. The van der Waals surface area contributed by atoms with Crippen LogP contribution in [0.1, 0.15) is 21.5 Å². The van der Waals surface area contributed by atoms with Crippen LogP contribution in [0.15, 0.2) is 36.4 Å². The Bertz CT molecular complexity index is 674. The van der Waals surface area contributed by atoms with Crippen LogP contribution in [-0.2, 0) is 0 Å². The van der Waals surface area contributed by atoms with Gasteiger partial charge in [0, 0.05) is 24.3 Å². The molecule has 2 aromatic carbocycles. The molecular formula is C17H19N3O. The topological polar surface area (TPSA) is 53.2 Å². The molecule has 3 N–H and O–H groups in total. The molecule has 1 amide bonds. The Hall–Kier alpha value is -2.49. The fraction of sp³-hybridized carbons (Fsp3) is 0.235. The van der Waals surface area contributed by atoms with Crippen LogP contribution in [0.2, 0.25) is 0 Å². The molecule has 1 aliphatic heterocycles. The van der Waals surface area contributed by atoms with E-state index >= 15 is 0 Å². The molecule has 0 radical (unpaired) electrons. The highest BCUT2D eigenvalue weighted by molar-refractivity contribution is 6.06. The molecule has 21 heavy (non-hydrogen) atoms. The first-order chi connectivity index (χ1) is 10.1. The maximum Gasteiger partial charge on any atom is 0.255 e. The lowest BCUT2D eigenvalue weighted by atomic mass is 10.1. The van der Waals surface area contributed by atoms with Gasteiger partial charge in [-0.05, 0) is 43.2 Å². The minimum Gasteiger partial charge on any atom is -0.382 e. The summed E-state index contributed by atoms with van der Waals surface area (Å²) < 4.78 is 0. The number of anilines is 3. The minimum absolute atomic E-state index is 0.0810. The molecule has 4 nitrogen and oxygen atoms in total. The number of nitrogens with one attached hydrogen (secondary N) is 3. The normalized spacial score (nSPS) is 12.9. The Kier molecular flexibility index (Phi) is 3.52. The lowest BCUT2D eigenvalue weighted by molar-refractivity contribution is 0.102. The molecule has 0 saturated carbocycles. The number of carbonyl (C=O) groups is 1. The highest BCUT2D eigenvalue weighted by Gasteiger charge is 2.13. The number of hydrogen-bond acceptors (Lipinski definition) is 3. The smallest absolute Gasteiger partial charge is 0.255 e. The van der Waals surface area contributed by atoms with Crippen LogP contribution in [-0.4, -0.2) is 19.0 Å². The summed E-state index contributed by atoms with van der Waals surface area (Å²) in [4.78, 5) is 12.4. The zero-order valence-corrected chi connectivity index (χ0v) is 12.3. The first kappa shape index (κ1) is 13.5. The Morgan fingerprint density at radius 3 is 2.38 bits per heavy atom. The Labute approximate surface area is 124 Å². The van der Waals surface area contributed by atoms with Crippen molar-refractivity contribution in [1.82, 2.24) is 0 Å². The van der Waals surface area contributed by atoms with Gasteiger partial charge in [0.05, 0.1) is 11.4 Å². The highest BCUT2D eigenvalue weighted by Crippen LogP contribution is 2.26. The summed E-state index contributed by atoms with van der Waals surface area (Å²) in [5.74, 6) is -0.0810. The summed E-state index contributed by atoms with van der Waals surface area (Å²) in [7, 11) is 0. The van der Waals surface area contributed by atoms with Gasteiger partial charge in [0.25, 0.3) is 5.91 Å². The molecule has 3 rings (SSSR count). The third kappa shape index (κ3) is 2.70. The van der Waals surface area contributed by atoms with Gasteiger partial charge >= 0.3 is 0 Å². The second kappa shape index (κ2) is 5.48. The van der Waals surface area contributed by atoms with Crippen LogP contribution >= 0.6 is 0 Å². The molecule has 0 saturated heterocycles. The van der Waals surface area contributed by atoms with E-state index in [1.54, 1.807) is 0 Å². The zero-order chi connectivity index (χ0) is 14.8. The van der Waals surface area contributed by atoms with Gasteiger partial charge in [-0.25, -0.2) is 0 Å². The summed E-state index contributed by atoms with van der Waals surface area (Å²) in [6.07, 6.45) is 0. The molecule has 0 unspecified atom stereocenters. The van der Waals surface area contributed by atoms with Gasteiger partial charge in [-0.1, -0.05) is 18.2 Å². The van der Waals surface area contributed by atoms with E-state index in [1.165, 1.54) is 0 Å². The van der Waals surface area contributed by atoms with Crippen molar-refractivity contribution in [2.75, 3.05) is 29.0 Å². The second-order valence-electron chi connectivity index (χ2n) is 5.33. The van der Waals surface area contributed by atoms with Crippen molar-refractivity contribution in [2.45, 2.75) is 13.8 Å². The third-order valence-electron chi connectivity index (χ3n) is 3.76. The van der Waals surface area contributed by atoms with Gasteiger partial charge in [0.2, 0.25) is 0 Å². The molecule has 0 aliphatic carbocycles. The van der Waals surface area contributed by atoms with Gasteiger partial charge in [-0.15, -0.1) is 0 Å². The number of para-hydroxylation sites is 1. The number of aryl methyl sites for hydroxylation is 2. The molecule has 0 aromatic heterocycles. The Morgan fingerprint density at radius 1 is 1.00 bits per heavy atom. The van der Waals surface area contributed by atoms with E-state index in [4.69, 9.17) is 0 Å². The van der Waals surface area contributed by atoms with Crippen LogP contribution in [0.3, 0.4) is 0 Å². The Morgan fingerprint density at radius 2 is 1.67 bits per heavy atom. The molecule has 0 fully saturated rings. The molecule has 2 aromatic rings. The number of carbonyl (C=O) groups excluding carboxylic acids is 1. The van der Waals surface area contributed by atoms with E-state index in [0.29, 0.717) is 5.56 Å². The first-order valence-electron chi connectivity index (χ1n) is 7.14.